The summed E-state index contributed by atoms with van der Waals surface area (Å²) in [6, 6.07) is 6.96. The van der Waals surface area contributed by atoms with E-state index in [2.05, 4.69) is 20.9 Å². The van der Waals surface area contributed by atoms with E-state index in [1.165, 1.54) is 0 Å². The third kappa shape index (κ3) is 10.6. The number of carbonyl (C=O) groups is 4. The highest BCUT2D eigenvalue weighted by Gasteiger charge is 2.26. The summed E-state index contributed by atoms with van der Waals surface area (Å²) in [5, 5.41) is 16.1. The summed E-state index contributed by atoms with van der Waals surface area (Å²) in [6.45, 7) is -0.686. The highest BCUT2D eigenvalue weighted by Crippen LogP contribution is 2.06. The highest BCUT2D eigenvalue weighted by atomic mass is 16.4. The van der Waals surface area contributed by atoms with Crippen LogP contribution in [0.25, 0.3) is 0 Å². The largest absolute Gasteiger partial charge is 0.480 e. The number of rotatable bonds is 13. The van der Waals surface area contributed by atoms with Crippen molar-refractivity contribution in [2.24, 2.45) is 22.2 Å². The third-order valence-electron chi connectivity index (χ3n) is 4.11. The maximum Gasteiger partial charge on any atom is 0.322 e. The van der Waals surface area contributed by atoms with E-state index >= 15 is 0 Å². The average Bonchev–Trinajstić information content (AvgIpc) is 2.73. The Bertz CT molecular complexity index is 781. The summed E-state index contributed by atoms with van der Waals surface area (Å²) in [5.41, 5.74) is 16.7. The molecule has 12 heteroatoms. The Labute approximate surface area is 179 Å². The van der Waals surface area contributed by atoms with Gasteiger partial charge in [0.15, 0.2) is 5.96 Å². The summed E-state index contributed by atoms with van der Waals surface area (Å²) < 4.78 is 0. The maximum absolute atomic E-state index is 12.9. The van der Waals surface area contributed by atoms with Crippen molar-refractivity contribution in [3.05, 3.63) is 35.9 Å². The number of aliphatic imine (C=N–C) groups is 1. The molecule has 2 unspecified atom stereocenters. The van der Waals surface area contributed by atoms with Crippen molar-refractivity contribution >= 4 is 29.7 Å². The van der Waals surface area contributed by atoms with Gasteiger partial charge in [-0.25, -0.2) is 0 Å². The van der Waals surface area contributed by atoms with Crippen molar-refractivity contribution < 1.29 is 24.3 Å². The molecule has 0 bridgehead atoms. The molecule has 12 nitrogen and oxygen atoms in total. The molecule has 3 amide bonds. The number of hydrogen-bond donors (Lipinski definition) is 7. The van der Waals surface area contributed by atoms with Crippen molar-refractivity contribution in [3.63, 3.8) is 0 Å². The molecule has 0 saturated carbocycles. The van der Waals surface area contributed by atoms with Gasteiger partial charge in [-0.05, 0) is 18.4 Å². The minimum absolute atomic E-state index is 0.108. The van der Waals surface area contributed by atoms with E-state index in [0.29, 0.717) is 6.42 Å². The Kier molecular flexibility index (Phi) is 11.1. The van der Waals surface area contributed by atoms with Crippen molar-refractivity contribution in [2.75, 3.05) is 19.6 Å². The van der Waals surface area contributed by atoms with Crippen molar-refractivity contribution in [3.8, 4) is 0 Å². The van der Waals surface area contributed by atoms with E-state index in [9.17, 15) is 19.2 Å². The van der Waals surface area contributed by atoms with E-state index in [4.69, 9.17) is 22.3 Å². The van der Waals surface area contributed by atoms with Gasteiger partial charge in [0.05, 0.1) is 6.54 Å². The first-order valence-electron chi connectivity index (χ1n) is 9.61. The highest BCUT2D eigenvalue weighted by molar-refractivity contribution is 5.93. The van der Waals surface area contributed by atoms with Gasteiger partial charge in [0.2, 0.25) is 17.7 Å². The second-order valence-corrected chi connectivity index (χ2v) is 6.64. The van der Waals surface area contributed by atoms with Gasteiger partial charge < -0.3 is 38.3 Å². The summed E-state index contributed by atoms with van der Waals surface area (Å²) in [7, 11) is 0. The number of carboxylic acid groups (broad SMARTS) is 1. The lowest BCUT2D eigenvalue weighted by molar-refractivity contribution is -0.138. The molecule has 1 rings (SSSR count). The zero-order chi connectivity index (χ0) is 23.2. The second-order valence-electron chi connectivity index (χ2n) is 6.64. The zero-order valence-electron chi connectivity index (χ0n) is 17.0. The van der Waals surface area contributed by atoms with Gasteiger partial charge in [0, 0.05) is 13.0 Å². The summed E-state index contributed by atoms with van der Waals surface area (Å²) >= 11 is 0. The van der Waals surface area contributed by atoms with Gasteiger partial charge >= 0.3 is 5.97 Å². The predicted molar refractivity (Wildman–Crippen MR) is 114 cm³/mol. The Morgan fingerprint density at radius 2 is 1.68 bits per heavy atom. The molecule has 1 aromatic rings. The maximum atomic E-state index is 12.9. The fraction of sp³-hybridized carbons (Fsp3) is 0.421. The zero-order valence-corrected chi connectivity index (χ0v) is 17.0. The van der Waals surface area contributed by atoms with Crippen LogP contribution in [0, 0.1) is 0 Å². The normalized spacial score (nSPS) is 12.2. The Balaban J connectivity index is 2.91. The van der Waals surface area contributed by atoms with Gasteiger partial charge in [-0.3, -0.25) is 24.2 Å². The summed E-state index contributed by atoms with van der Waals surface area (Å²) in [5.74, 6) is -3.15. The lowest BCUT2D eigenvalue weighted by Gasteiger charge is -2.23. The SMILES string of the molecule is NCC(=O)NC(Cc1ccccc1)C(=O)NC(CCCN=C(N)N)C(=O)NCC(=O)O. The van der Waals surface area contributed by atoms with Crippen molar-refractivity contribution in [2.45, 2.75) is 31.3 Å². The molecule has 10 N–H and O–H groups in total. The molecule has 0 saturated heterocycles. The number of carbonyl (C=O) groups excluding carboxylic acids is 3. The summed E-state index contributed by atoms with van der Waals surface area (Å²) in [4.78, 5) is 51.6. The van der Waals surface area contributed by atoms with Crippen molar-refractivity contribution in [1.29, 1.82) is 0 Å². The first-order valence-corrected chi connectivity index (χ1v) is 9.61. The smallest absolute Gasteiger partial charge is 0.322 e. The van der Waals surface area contributed by atoms with E-state index in [1.807, 2.05) is 6.07 Å². The molecule has 0 radical (unpaired) electrons. The molecule has 2 atom stereocenters. The van der Waals surface area contributed by atoms with Gasteiger partial charge in [0.1, 0.15) is 18.6 Å². The molecule has 31 heavy (non-hydrogen) atoms. The average molecular weight is 435 g/mol. The standard InChI is InChI=1S/C19H29N7O5/c20-10-15(27)25-14(9-12-5-2-1-3-6-12)18(31)26-13(7-4-8-23-19(21)22)17(30)24-11-16(28)29/h1-3,5-6,13-14H,4,7-11,20H2,(H,24,30)(H,25,27)(H,26,31)(H,28,29)(H4,21,22,23). The second kappa shape index (κ2) is 13.5. The summed E-state index contributed by atoms with van der Waals surface area (Å²) in [6.07, 6.45) is 0.675. The van der Waals surface area contributed by atoms with Crippen LogP contribution in [0.3, 0.4) is 0 Å². The van der Waals surface area contributed by atoms with E-state index in [0.717, 1.165) is 5.56 Å². The molecule has 0 aromatic heterocycles. The first-order chi connectivity index (χ1) is 14.7. The molecule has 0 aliphatic heterocycles. The lowest BCUT2D eigenvalue weighted by Crippen LogP contribution is -2.55. The van der Waals surface area contributed by atoms with Crippen LogP contribution >= 0.6 is 0 Å². The lowest BCUT2D eigenvalue weighted by atomic mass is 10.0. The van der Waals surface area contributed by atoms with Crippen LogP contribution in [0.4, 0.5) is 0 Å². The quantitative estimate of drug-likeness (QED) is 0.0988. The van der Waals surface area contributed by atoms with Crippen molar-refractivity contribution in [1.82, 2.24) is 16.0 Å². The molecule has 0 aliphatic rings. The minimum atomic E-state index is -1.23. The van der Waals surface area contributed by atoms with Crippen LogP contribution in [0.2, 0.25) is 0 Å². The molecule has 0 heterocycles. The van der Waals surface area contributed by atoms with Gasteiger partial charge in [0.25, 0.3) is 0 Å². The van der Waals surface area contributed by atoms with Crippen LogP contribution in [-0.4, -0.2) is 66.5 Å². The fourth-order valence-corrected chi connectivity index (χ4v) is 2.64. The number of amides is 3. The molecule has 1 aromatic carbocycles. The van der Waals surface area contributed by atoms with E-state index < -0.39 is 42.3 Å². The molecule has 0 aliphatic carbocycles. The topological polar surface area (TPSA) is 215 Å². The molecule has 0 fully saturated rings. The van der Waals surface area contributed by atoms with Crippen LogP contribution in [0.15, 0.2) is 35.3 Å². The van der Waals surface area contributed by atoms with Gasteiger partial charge in [-0.2, -0.15) is 0 Å². The number of carboxylic acids is 1. The number of hydrogen-bond acceptors (Lipinski definition) is 6. The van der Waals surface area contributed by atoms with E-state index in [-0.39, 0.29) is 31.9 Å². The van der Waals surface area contributed by atoms with Crippen LogP contribution in [0.5, 0.6) is 0 Å². The number of nitrogens with two attached hydrogens (primary N) is 3. The predicted octanol–water partition coefficient (Wildman–Crippen LogP) is -2.59. The number of nitrogens with zero attached hydrogens (tertiary/aromatic N) is 1. The first kappa shape index (κ1) is 25.4. The van der Waals surface area contributed by atoms with Gasteiger partial charge in [-0.15, -0.1) is 0 Å². The number of aliphatic carboxylic acids is 1. The van der Waals surface area contributed by atoms with Gasteiger partial charge in [-0.1, -0.05) is 30.3 Å². The molecule has 170 valence electrons. The Hall–Kier alpha value is -3.67. The van der Waals surface area contributed by atoms with Crippen LogP contribution in [0.1, 0.15) is 18.4 Å². The Morgan fingerprint density at radius 3 is 2.26 bits per heavy atom. The van der Waals surface area contributed by atoms with Crippen LogP contribution in [-0.2, 0) is 25.6 Å². The number of benzene rings is 1. The molecular formula is C19H29N7O5. The number of nitrogens with one attached hydrogen (secondary N) is 3. The fourth-order valence-electron chi connectivity index (χ4n) is 2.64. The third-order valence-corrected chi connectivity index (χ3v) is 4.11. The van der Waals surface area contributed by atoms with E-state index in [1.54, 1.807) is 24.3 Å². The monoisotopic (exact) mass is 435 g/mol. The minimum Gasteiger partial charge on any atom is -0.480 e. The number of guanidine groups is 1. The molecular weight excluding hydrogens is 406 g/mol. The molecule has 0 spiro atoms. The Morgan fingerprint density at radius 1 is 1.00 bits per heavy atom. The van der Waals surface area contributed by atoms with Crippen LogP contribution < -0.4 is 33.2 Å².